The topological polar surface area (TPSA) is 76.4 Å². The van der Waals surface area contributed by atoms with E-state index in [9.17, 15) is 4.79 Å². The van der Waals surface area contributed by atoms with Crippen LogP contribution >= 0.6 is 0 Å². The maximum atomic E-state index is 11.8. The lowest BCUT2D eigenvalue weighted by atomic mass is 10.1. The number of urea groups is 1. The Hall–Kier alpha value is -1.56. The lowest BCUT2D eigenvalue weighted by Gasteiger charge is -2.20. The highest BCUT2D eigenvalue weighted by Gasteiger charge is 2.24. The van der Waals surface area contributed by atoms with Crippen molar-refractivity contribution in [2.45, 2.75) is 45.8 Å². The summed E-state index contributed by atoms with van der Waals surface area (Å²) in [5.74, 6) is 0.604. The van der Waals surface area contributed by atoms with Crippen LogP contribution in [0.5, 0.6) is 0 Å². The molecule has 0 saturated carbocycles. The van der Waals surface area contributed by atoms with E-state index in [-0.39, 0.29) is 18.2 Å². The summed E-state index contributed by atoms with van der Waals surface area (Å²) >= 11 is 0. The molecule has 1 aromatic heterocycles. The van der Waals surface area contributed by atoms with Gasteiger partial charge in [-0.3, -0.25) is 0 Å². The molecule has 2 N–H and O–H groups in total. The Morgan fingerprint density at radius 1 is 1.50 bits per heavy atom. The van der Waals surface area contributed by atoms with Crippen LogP contribution in [0.2, 0.25) is 0 Å². The third-order valence-corrected chi connectivity index (χ3v) is 3.15. The smallest absolute Gasteiger partial charge is 0.319 e. The number of aryl methyl sites for hydroxylation is 2. The van der Waals surface area contributed by atoms with Crippen LogP contribution in [-0.2, 0) is 4.74 Å². The van der Waals surface area contributed by atoms with E-state index < -0.39 is 0 Å². The van der Waals surface area contributed by atoms with Crippen LogP contribution in [0, 0.1) is 13.8 Å². The van der Waals surface area contributed by atoms with Crippen LogP contribution in [0.25, 0.3) is 0 Å². The number of nitrogens with zero attached hydrogens (tertiary/aromatic N) is 1. The van der Waals surface area contributed by atoms with Crippen LogP contribution in [0.3, 0.4) is 0 Å². The molecule has 1 fully saturated rings. The summed E-state index contributed by atoms with van der Waals surface area (Å²) in [5.41, 5.74) is 1.31. The van der Waals surface area contributed by atoms with Crippen molar-refractivity contribution in [2.24, 2.45) is 0 Å². The average molecular weight is 253 g/mol. The molecule has 2 heterocycles. The number of rotatable bonds is 3. The molecule has 0 bridgehead atoms. The van der Waals surface area contributed by atoms with Crippen LogP contribution in [0.15, 0.2) is 4.52 Å². The quantitative estimate of drug-likeness (QED) is 0.863. The van der Waals surface area contributed by atoms with E-state index in [2.05, 4.69) is 15.8 Å². The van der Waals surface area contributed by atoms with Gasteiger partial charge >= 0.3 is 6.03 Å². The van der Waals surface area contributed by atoms with E-state index in [4.69, 9.17) is 9.26 Å². The van der Waals surface area contributed by atoms with Crippen molar-refractivity contribution in [2.75, 3.05) is 11.9 Å². The molecule has 6 heteroatoms. The third-order valence-electron chi connectivity index (χ3n) is 3.15. The molecule has 0 spiro atoms. The molecule has 1 aliphatic heterocycles. The predicted octanol–water partition coefficient (Wildman–Crippen LogP) is 1.98. The highest BCUT2D eigenvalue weighted by molar-refractivity contribution is 5.90. The fraction of sp³-hybridized carbons (Fsp3) is 0.667. The van der Waals surface area contributed by atoms with Crippen molar-refractivity contribution < 1.29 is 14.1 Å². The minimum absolute atomic E-state index is 0.00651. The molecular weight excluding hydrogens is 234 g/mol. The average Bonchev–Trinajstić information content (AvgIpc) is 2.94. The van der Waals surface area contributed by atoms with Crippen LogP contribution in [0.4, 0.5) is 10.5 Å². The van der Waals surface area contributed by atoms with Crippen molar-refractivity contribution in [3.8, 4) is 0 Å². The molecule has 2 amide bonds. The van der Waals surface area contributed by atoms with E-state index in [1.807, 2.05) is 6.92 Å². The van der Waals surface area contributed by atoms with Gasteiger partial charge in [0.25, 0.3) is 0 Å². The minimum atomic E-state index is -0.257. The molecule has 0 radical (unpaired) electrons. The van der Waals surface area contributed by atoms with Crippen molar-refractivity contribution in [1.29, 1.82) is 0 Å². The lowest BCUT2D eigenvalue weighted by Crippen LogP contribution is -2.43. The first-order valence-electron chi connectivity index (χ1n) is 6.20. The zero-order valence-corrected chi connectivity index (χ0v) is 10.9. The largest absolute Gasteiger partial charge is 0.376 e. The van der Waals surface area contributed by atoms with Gasteiger partial charge in [0.15, 0.2) is 5.76 Å². The Bertz CT molecular complexity index is 405. The third kappa shape index (κ3) is 2.81. The molecule has 100 valence electrons. The van der Waals surface area contributed by atoms with E-state index in [0.717, 1.165) is 19.4 Å². The molecule has 0 aromatic carbocycles. The van der Waals surface area contributed by atoms with Gasteiger partial charge in [0.1, 0.15) is 11.4 Å². The van der Waals surface area contributed by atoms with E-state index in [1.165, 1.54) is 0 Å². The van der Waals surface area contributed by atoms with Crippen molar-refractivity contribution in [3.63, 3.8) is 0 Å². The van der Waals surface area contributed by atoms with Gasteiger partial charge in [-0.05, 0) is 33.6 Å². The van der Waals surface area contributed by atoms with Crippen LogP contribution in [-0.4, -0.2) is 29.9 Å². The molecule has 2 unspecified atom stereocenters. The van der Waals surface area contributed by atoms with Gasteiger partial charge < -0.3 is 19.9 Å². The maximum absolute atomic E-state index is 11.8. The van der Waals surface area contributed by atoms with Gasteiger partial charge in [0.05, 0.1) is 12.1 Å². The molecule has 6 nitrogen and oxygen atoms in total. The van der Waals surface area contributed by atoms with Gasteiger partial charge in [-0.2, -0.15) is 0 Å². The molecule has 1 aromatic rings. The second-order valence-electron chi connectivity index (χ2n) is 4.64. The molecule has 18 heavy (non-hydrogen) atoms. The van der Waals surface area contributed by atoms with Gasteiger partial charge in [-0.1, -0.05) is 5.16 Å². The minimum Gasteiger partial charge on any atom is -0.376 e. The summed E-state index contributed by atoms with van der Waals surface area (Å²) in [6.45, 7) is 6.28. The maximum Gasteiger partial charge on any atom is 0.319 e. The molecule has 2 atom stereocenters. The highest BCUT2D eigenvalue weighted by Crippen LogP contribution is 2.19. The summed E-state index contributed by atoms with van der Waals surface area (Å²) in [6, 6.07) is -0.264. The van der Waals surface area contributed by atoms with E-state index in [0.29, 0.717) is 17.1 Å². The molecule has 1 saturated heterocycles. The number of nitrogens with one attached hydrogen (secondary N) is 2. The molecule has 1 aliphatic rings. The standard InChI is InChI=1S/C12H19N3O3/c1-7(10-5-4-6-17-10)13-12(16)14-11-8(2)15-18-9(11)3/h7,10H,4-6H2,1-3H3,(H2,13,14,16). The summed E-state index contributed by atoms with van der Waals surface area (Å²) in [4.78, 5) is 11.8. The number of amides is 2. The zero-order valence-electron chi connectivity index (χ0n) is 10.9. The highest BCUT2D eigenvalue weighted by atomic mass is 16.5. The first-order valence-corrected chi connectivity index (χ1v) is 6.20. The Kier molecular flexibility index (Phi) is 3.86. The predicted molar refractivity (Wildman–Crippen MR) is 66.6 cm³/mol. The molecule has 0 aliphatic carbocycles. The first-order chi connectivity index (χ1) is 8.58. The van der Waals surface area contributed by atoms with Gasteiger partial charge in [-0.25, -0.2) is 4.79 Å². The summed E-state index contributed by atoms with van der Waals surface area (Å²) in [7, 11) is 0. The SMILES string of the molecule is Cc1noc(C)c1NC(=O)NC(C)C1CCCO1. The summed E-state index contributed by atoms with van der Waals surface area (Å²) < 4.78 is 10.5. The fourth-order valence-corrected chi connectivity index (χ4v) is 2.11. The van der Waals surface area contributed by atoms with Gasteiger partial charge in [-0.15, -0.1) is 0 Å². The molecular formula is C12H19N3O3. The number of ether oxygens (including phenoxy) is 1. The van der Waals surface area contributed by atoms with Crippen LogP contribution < -0.4 is 10.6 Å². The van der Waals surface area contributed by atoms with Gasteiger partial charge in [0.2, 0.25) is 0 Å². The first kappa shape index (κ1) is 12.9. The Labute approximate surface area is 106 Å². The van der Waals surface area contributed by atoms with Crippen molar-refractivity contribution >= 4 is 11.7 Å². The zero-order chi connectivity index (χ0) is 13.1. The number of aromatic nitrogens is 1. The normalized spacial score (nSPS) is 20.7. The Balaban J connectivity index is 1.88. The Morgan fingerprint density at radius 3 is 2.83 bits per heavy atom. The second-order valence-corrected chi connectivity index (χ2v) is 4.64. The van der Waals surface area contributed by atoms with E-state index in [1.54, 1.807) is 13.8 Å². The number of carbonyl (C=O) groups is 1. The number of hydrogen-bond acceptors (Lipinski definition) is 4. The fourth-order valence-electron chi connectivity index (χ4n) is 2.11. The summed E-state index contributed by atoms with van der Waals surface area (Å²) in [6.07, 6.45) is 2.16. The van der Waals surface area contributed by atoms with Crippen LogP contribution in [0.1, 0.15) is 31.2 Å². The lowest BCUT2D eigenvalue weighted by molar-refractivity contribution is 0.0868. The van der Waals surface area contributed by atoms with E-state index >= 15 is 0 Å². The van der Waals surface area contributed by atoms with Crippen molar-refractivity contribution in [1.82, 2.24) is 10.5 Å². The Morgan fingerprint density at radius 2 is 2.28 bits per heavy atom. The monoisotopic (exact) mass is 253 g/mol. The van der Waals surface area contributed by atoms with Gasteiger partial charge in [0, 0.05) is 6.61 Å². The summed E-state index contributed by atoms with van der Waals surface area (Å²) in [5, 5.41) is 9.40. The number of carbonyl (C=O) groups excluding carboxylic acids is 1. The molecule has 2 rings (SSSR count). The number of hydrogen-bond donors (Lipinski definition) is 2. The second kappa shape index (κ2) is 5.39. The van der Waals surface area contributed by atoms with Crippen molar-refractivity contribution in [3.05, 3.63) is 11.5 Å². The number of anilines is 1.